The molecule has 86 valence electrons. The number of thioether (sulfide) groups is 1. The number of amides is 1. The molecule has 1 aromatic carbocycles. The maximum atomic E-state index is 12.1. The molecule has 4 heteroatoms. The summed E-state index contributed by atoms with van der Waals surface area (Å²) in [6, 6.07) is 7.30. The largest absolute Gasteiger partial charge is 0.497 e. The highest BCUT2D eigenvalue weighted by Crippen LogP contribution is 2.16. The Morgan fingerprint density at radius 2 is 1.88 bits per heavy atom. The van der Waals surface area contributed by atoms with Crippen LogP contribution in [0.3, 0.4) is 0 Å². The third kappa shape index (κ3) is 2.50. The van der Waals surface area contributed by atoms with Crippen LogP contribution in [0.1, 0.15) is 10.4 Å². The number of benzene rings is 1. The molecule has 0 saturated carbocycles. The molecule has 0 spiro atoms. The first kappa shape index (κ1) is 11.3. The summed E-state index contributed by atoms with van der Waals surface area (Å²) >= 11 is 1.90. The fourth-order valence-corrected chi connectivity index (χ4v) is 2.59. The van der Waals surface area contributed by atoms with Gasteiger partial charge in [0, 0.05) is 30.2 Å². The van der Waals surface area contributed by atoms with E-state index in [9.17, 15) is 4.79 Å². The van der Waals surface area contributed by atoms with Gasteiger partial charge in [0.05, 0.1) is 7.11 Å². The van der Waals surface area contributed by atoms with Crippen LogP contribution < -0.4 is 4.74 Å². The lowest BCUT2D eigenvalue weighted by Gasteiger charge is -2.26. The topological polar surface area (TPSA) is 29.5 Å². The van der Waals surface area contributed by atoms with Crippen molar-refractivity contribution in [2.45, 2.75) is 0 Å². The van der Waals surface area contributed by atoms with Crippen molar-refractivity contribution >= 4 is 17.7 Å². The van der Waals surface area contributed by atoms with Crippen molar-refractivity contribution in [3.63, 3.8) is 0 Å². The summed E-state index contributed by atoms with van der Waals surface area (Å²) in [6.45, 7) is 1.71. The Balaban J connectivity index is 2.07. The Hall–Kier alpha value is -1.16. The summed E-state index contributed by atoms with van der Waals surface area (Å²) in [5.41, 5.74) is 0.743. The molecule has 0 aromatic heterocycles. The second-order valence-corrected chi connectivity index (χ2v) is 4.86. The maximum Gasteiger partial charge on any atom is 0.253 e. The molecule has 0 bridgehead atoms. The van der Waals surface area contributed by atoms with E-state index >= 15 is 0 Å². The first-order valence-corrected chi connectivity index (χ1v) is 6.48. The summed E-state index contributed by atoms with van der Waals surface area (Å²) in [7, 11) is 1.62. The fourth-order valence-electron chi connectivity index (χ4n) is 1.68. The van der Waals surface area contributed by atoms with Crippen molar-refractivity contribution in [1.29, 1.82) is 0 Å². The average Bonchev–Trinajstić information content (AvgIpc) is 2.39. The quantitative estimate of drug-likeness (QED) is 0.786. The van der Waals surface area contributed by atoms with Crippen LogP contribution in [0.15, 0.2) is 24.3 Å². The monoisotopic (exact) mass is 237 g/mol. The van der Waals surface area contributed by atoms with Crippen LogP contribution in [0, 0.1) is 0 Å². The summed E-state index contributed by atoms with van der Waals surface area (Å²) in [5.74, 6) is 3.00. The zero-order valence-corrected chi connectivity index (χ0v) is 10.1. The Kier molecular flexibility index (Phi) is 3.72. The number of hydrogen-bond donors (Lipinski definition) is 0. The van der Waals surface area contributed by atoms with Gasteiger partial charge in [0.1, 0.15) is 5.75 Å². The Morgan fingerprint density at radius 3 is 2.44 bits per heavy atom. The number of nitrogens with zero attached hydrogens (tertiary/aromatic N) is 1. The number of carbonyl (C=O) groups is 1. The molecule has 1 heterocycles. The predicted octanol–water partition coefficient (Wildman–Crippen LogP) is 1.88. The molecule has 1 aliphatic rings. The summed E-state index contributed by atoms with van der Waals surface area (Å²) in [6.07, 6.45) is 0. The zero-order chi connectivity index (χ0) is 11.4. The zero-order valence-electron chi connectivity index (χ0n) is 9.31. The van der Waals surface area contributed by atoms with E-state index in [0.29, 0.717) is 0 Å². The van der Waals surface area contributed by atoms with Crippen molar-refractivity contribution in [3.05, 3.63) is 29.8 Å². The van der Waals surface area contributed by atoms with Gasteiger partial charge in [0.2, 0.25) is 0 Å². The van der Waals surface area contributed by atoms with Gasteiger partial charge in [-0.25, -0.2) is 0 Å². The van der Waals surface area contributed by atoms with Gasteiger partial charge in [-0.3, -0.25) is 4.79 Å². The molecule has 0 radical (unpaired) electrons. The highest BCUT2D eigenvalue weighted by atomic mass is 32.2. The molecule has 1 aromatic rings. The van der Waals surface area contributed by atoms with E-state index < -0.39 is 0 Å². The lowest BCUT2D eigenvalue weighted by atomic mass is 10.2. The molecule has 0 unspecified atom stereocenters. The van der Waals surface area contributed by atoms with E-state index in [1.54, 1.807) is 7.11 Å². The number of rotatable bonds is 2. The number of carbonyl (C=O) groups excluding carboxylic acids is 1. The lowest BCUT2D eigenvalue weighted by Crippen LogP contribution is -2.37. The minimum Gasteiger partial charge on any atom is -0.497 e. The van der Waals surface area contributed by atoms with Gasteiger partial charge in [-0.2, -0.15) is 11.8 Å². The second kappa shape index (κ2) is 5.25. The molecular formula is C12H15NO2S. The van der Waals surface area contributed by atoms with E-state index in [-0.39, 0.29) is 5.91 Å². The van der Waals surface area contributed by atoms with E-state index in [0.717, 1.165) is 35.9 Å². The van der Waals surface area contributed by atoms with Crippen molar-refractivity contribution in [2.24, 2.45) is 0 Å². The first-order valence-electron chi connectivity index (χ1n) is 5.32. The summed E-state index contributed by atoms with van der Waals surface area (Å²) < 4.78 is 5.07. The van der Waals surface area contributed by atoms with Crippen molar-refractivity contribution in [1.82, 2.24) is 4.90 Å². The van der Waals surface area contributed by atoms with Gasteiger partial charge in [0.25, 0.3) is 5.91 Å². The van der Waals surface area contributed by atoms with Crippen molar-refractivity contribution in [3.8, 4) is 5.75 Å². The van der Waals surface area contributed by atoms with Crippen LogP contribution in [0.2, 0.25) is 0 Å². The standard InChI is InChI=1S/C12H15NO2S/c1-15-11-4-2-10(3-5-11)12(14)13-6-8-16-9-7-13/h2-5H,6-9H2,1H3. The molecule has 1 aliphatic heterocycles. The third-order valence-electron chi connectivity index (χ3n) is 2.64. The molecule has 16 heavy (non-hydrogen) atoms. The second-order valence-electron chi connectivity index (χ2n) is 3.63. The van der Waals surface area contributed by atoms with Crippen LogP contribution in [-0.4, -0.2) is 42.5 Å². The highest BCUT2D eigenvalue weighted by molar-refractivity contribution is 7.99. The molecule has 1 amide bonds. The number of ether oxygens (including phenoxy) is 1. The molecule has 0 atom stereocenters. The van der Waals surface area contributed by atoms with Gasteiger partial charge in [-0.05, 0) is 24.3 Å². The molecule has 0 aliphatic carbocycles. The van der Waals surface area contributed by atoms with Crippen molar-refractivity contribution in [2.75, 3.05) is 31.7 Å². The van der Waals surface area contributed by atoms with Crippen LogP contribution in [0.5, 0.6) is 5.75 Å². The Labute approximate surface area is 99.8 Å². The summed E-state index contributed by atoms with van der Waals surface area (Å²) in [5, 5.41) is 0. The van der Waals surface area contributed by atoms with Crippen LogP contribution in [0.25, 0.3) is 0 Å². The normalized spacial score (nSPS) is 15.9. The number of methoxy groups -OCH3 is 1. The predicted molar refractivity (Wildman–Crippen MR) is 66.2 cm³/mol. The molecule has 1 saturated heterocycles. The Morgan fingerprint density at radius 1 is 1.25 bits per heavy atom. The van der Waals surface area contributed by atoms with Crippen LogP contribution >= 0.6 is 11.8 Å². The van der Waals surface area contributed by atoms with Crippen LogP contribution in [0.4, 0.5) is 0 Å². The molecule has 2 rings (SSSR count). The molecule has 3 nitrogen and oxygen atoms in total. The molecule has 0 N–H and O–H groups in total. The minimum atomic E-state index is 0.128. The van der Waals surface area contributed by atoms with E-state index in [4.69, 9.17) is 4.74 Å². The highest BCUT2D eigenvalue weighted by Gasteiger charge is 2.17. The van der Waals surface area contributed by atoms with Gasteiger partial charge in [-0.1, -0.05) is 0 Å². The molecule has 1 fully saturated rings. The van der Waals surface area contributed by atoms with E-state index in [1.165, 1.54) is 0 Å². The fraction of sp³-hybridized carbons (Fsp3) is 0.417. The van der Waals surface area contributed by atoms with Gasteiger partial charge in [-0.15, -0.1) is 0 Å². The van der Waals surface area contributed by atoms with Gasteiger partial charge in [0.15, 0.2) is 0 Å². The SMILES string of the molecule is COc1ccc(C(=O)N2CCSCC2)cc1. The van der Waals surface area contributed by atoms with Gasteiger partial charge >= 0.3 is 0 Å². The minimum absolute atomic E-state index is 0.128. The third-order valence-corrected chi connectivity index (χ3v) is 3.58. The van der Waals surface area contributed by atoms with Crippen molar-refractivity contribution < 1.29 is 9.53 Å². The molecular weight excluding hydrogens is 222 g/mol. The van der Waals surface area contributed by atoms with Gasteiger partial charge < -0.3 is 9.64 Å². The average molecular weight is 237 g/mol. The van der Waals surface area contributed by atoms with E-state index in [2.05, 4.69) is 0 Å². The number of hydrogen-bond acceptors (Lipinski definition) is 3. The van der Waals surface area contributed by atoms with E-state index in [1.807, 2.05) is 40.9 Å². The smallest absolute Gasteiger partial charge is 0.253 e. The first-order chi connectivity index (χ1) is 7.81. The lowest BCUT2D eigenvalue weighted by molar-refractivity contribution is 0.0772. The summed E-state index contributed by atoms with van der Waals surface area (Å²) in [4.78, 5) is 14.0. The van der Waals surface area contributed by atoms with Crippen LogP contribution in [-0.2, 0) is 0 Å². The Bertz CT molecular complexity index is 358. The maximum absolute atomic E-state index is 12.1.